The van der Waals surface area contributed by atoms with E-state index in [0.717, 1.165) is 51.0 Å². The average molecular weight is 396 g/mol. The molecule has 7 heteroatoms. The molecule has 0 bridgehead atoms. The highest BCUT2D eigenvalue weighted by Crippen LogP contribution is 2.28. The second-order valence-electron chi connectivity index (χ2n) is 8.11. The molecule has 154 valence electrons. The van der Waals surface area contributed by atoms with Gasteiger partial charge in [0.1, 0.15) is 5.76 Å². The summed E-state index contributed by atoms with van der Waals surface area (Å²) >= 11 is 0. The number of nitrogens with one attached hydrogen (secondary N) is 1. The van der Waals surface area contributed by atoms with Gasteiger partial charge in [0.05, 0.1) is 6.04 Å². The Morgan fingerprint density at radius 1 is 1.10 bits per heavy atom. The van der Waals surface area contributed by atoms with Crippen LogP contribution in [0.25, 0.3) is 0 Å². The lowest BCUT2D eigenvalue weighted by molar-refractivity contribution is -0.126. The first-order chi connectivity index (χ1) is 14.0. The fourth-order valence-corrected chi connectivity index (χ4v) is 4.30. The molecule has 1 aromatic carbocycles. The maximum atomic E-state index is 13.2. The Kier molecular flexibility index (Phi) is 5.67. The second-order valence-corrected chi connectivity index (χ2v) is 8.11. The summed E-state index contributed by atoms with van der Waals surface area (Å²) in [7, 11) is 0. The van der Waals surface area contributed by atoms with Gasteiger partial charge < -0.3 is 14.7 Å². The van der Waals surface area contributed by atoms with E-state index in [9.17, 15) is 9.59 Å². The van der Waals surface area contributed by atoms with E-state index >= 15 is 0 Å². The zero-order valence-corrected chi connectivity index (χ0v) is 17.1. The van der Waals surface area contributed by atoms with Crippen molar-refractivity contribution >= 4 is 23.3 Å². The average Bonchev–Trinajstić information content (AvgIpc) is 3.14. The third-order valence-corrected chi connectivity index (χ3v) is 5.98. The van der Waals surface area contributed by atoms with E-state index in [4.69, 9.17) is 4.52 Å². The van der Waals surface area contributed by atoms with Gasteiger partial charge in [-0.3, -0.25) is 14.5 Å². The van der Waals surface area contributed by atoms with Gasteiger partial charge in [0.25, 0.3) is 0 Å². The monoisotopic (exact) mass is 396 g/mol. The Morgan fingerprint density at radius 3 is 2.48 bits per heavy atom. The molecular formula is C22H28N4O3. The van der Waals surface area contributed by atoms with Crippen LogP contribution in [0.3, 0.4) is 0 Å². The number of likely N-dealkylation sites (tertiary alicyclic amines) is 1. The zero-order valence-electron chi connectivity index (χ0n) is 17.1. The Labute approximate surface area is 171 Å². The van der Waals surface area contributed by atoms with Crippen molar-refractivity contribution in [1.82, 2.24) is 10.1 Å². The van der Waals surface area contributed by atoms with Gasteiger partial charge in [-0.15, -0.1) is 0 Å². The topological polar surface area (TPSA) is 78.7 Å². The predicted molar refractivity (Wildman–Crippen MR) is 111 cm³/mol. The summed E-state index contributed by atoms with van der Waals surface area (Å²) in [6.07, 6.45) is 3.38. The first-order valence-corrected chi connectivity index (χ1v) is 10.4. The minimum absolute atomic E-state index is 0.0193. The van der Waals surface area contributed by atoms with Crippen molar-refractivity contribution in [2.75, 3.05) is 29.9 Å². The van der Waals surface area contributed by atoms with Gasteiger partial charge in [-0.1, -0.05) is 22.9 Å². The Bertz CT molecular complexity index is 868. The van der Waals surface area contributed by atoms with Crippen molar-refractivity contribution in [3.05, 3.63) is 41.7 Å². The van der Waals surface area contributed by atoms with Crippen molar-refractivity contribution in [3.63, 3.8) is 0 Å². The molecule has 7 nitrogen and oxygen atoms in total. The molecule has 1 N–H and O–H groups in total. The number of amides is 2. The minimum Gasteiger partial charge on any atom is -0.360 e. The third kappa shape index (κ3) is 4.34. The summed E-state index contributed by atoms with van der Waals surface area (Å²) < 4.78 is 5.00. The number of carbonyl (C=O) groups excluding carboxylic acids is 2. The molecule has 3 heterocycles. The van der Waals surface area contributed by atoms with Crippen molar-refractivity contribution in [2.45, 2.75) is 45.6 Å². The normalized spacial score (nSPS) is 21.4. The number of piperidine rings is 2. The van der Waals surface area contributed by atoms with E-state index in [1.165, 1.54) is 5.56 Å². The van der Waals surface area contributed by atoms with Crippen LogP contribution in [0, 0.1) is 19.8 Å². The number of aromatic nitrogens is 1. The number of carbonyl (C=O) groups is 2. The molecular weight excluding hydrogens is 368 g/mol. The Balaban J connectivity index is 1.34. The molecule has 0 spiro atoms. The van der Waals surface area contributed by atoms with E-state index in [-0.39, 0.29) is 23.8 Å². The molecule has 1 atom stereocenters. The number of hydrogen-bond donors (Lipinski definition) is 1. The number of anilines is 2. The van der Waals surface area contributed by atoms with Crippen LogP contribution in [0.5, 0.6) is 0 Å². The molecule has 0 aliphatic carbocycles. The van der Waals surface area contributed by atoms with Crippen molar-refractivity contribution < 1.29 is 14.1 Å². The van der Waals surface area contributed by atoms with Crippen LogP contribution in [-0.2, 0) is 9.59 Å². The number of aryl methyl sites for hydroxylation is 2. The second kappa shape index (κ2) is 8.37. The lowest BCUT2D eigenvalue weighted by Crippen LogP contribution is -2.55. The summed E-state index contributed by atoms with van der Waals surface area (Å²) in [5, 5.41) is 6.66. The molecule has 1 aromatic heterocycles. The molecule has 2 aliphatic rings. The summed E-state index contributed by atoms with van der Waals surface area (Å²) in [6, 6.07) is 9.77. The summed E-state index contributed by atoms with van der Waals surface area (Å²) in [5.41, 5.74) is 2.17. The summed E-state index contributed by atoms with van der Waals surface area (Å²) in [6.45, 7) is 6.13. The summed E-state index contributed by atoms with van der Waals surface area (Å²) in [4.78, 5) is 29.8. The highest BCUT2D eigenvalue weighted by atomic mass is 16.5. The van der Waals surface area contributed by atoms with Crippen LogP contribution < -0.4 is 10.2 Å². The minimum atomic E-state index is -0.0905. The van der Waals surface area contributed by atoms with E-state index in [1.54, 1.807) is 13.0 Å². The van der Waals surface area contributed by atoms with Crippen LogP contribution in [0.15, 0.2) is 34.9 Å². The molecule has 2 amide bonds. The van der Waals surface area contributed by atoms with Crippen molar-refractivity contribution in [2.24, 2.45) is 5.92 Å². The molecule has 1 unspecified atom stereocenters. The van der Waals surface area contributed by atoms with Crippen molar-refractivity contribution in [1.29, 1.82) is 0 Å². The maximum absolute atomic E-state index is 13.2. The molecule has 4 rings (SSSR count). The zero-order chi connectivity index (χ0) is 20.4. The number of benzene rings is 1. The predicted octanol–water partition coefficient (Wildman–Crippen LogP) is 3.14. The lowest BCUT2D eigenvalue weighted by atomic mass is 9.92. The highest BCUT2D eigenvalue weighted by molar-refractivity contribution is 5.98. The molecule has 0 radical (unpaired) electrons. The highest BCUT2D eigenvalue weighted by Gasteiger charge is 2.36. The van der Waals surface area contributed by atoms with Crippen LogP contribution in [0.2, 0.25) is 0 Å². The van der Waals surface area contributed by atoms with Crippen LogP contribution >= 0.6 is 0 Å². The Morgan fingerprint density at radius 2 is 1.83 bits per heavy atom. The molecule has 29 heavy (non-hydrogen) atoms. The third-order valence-electron chi connectivity index (χ3n) is 5.98. The molecule has 2 aromatic rings. The quantitative estimate of drug-likeness (QED) is 0.859. The molecule has 2 fully saturated rings. The van der Waals surface area contributed by atoms with E-state index in [2.05, 4.69) is 22.3 Å². The standard InChI is InChI=1S/C22H28N4O3/c1-15-5-7-18(8-6-15)26-11-3-4-19(22(26)28)25-12-9-17(10-13-25)21(27)23-20-14-16(2)29-24-20/h5-8,14,17,19H,3-4,9-13H2,1-2H3,(H,23,24,27). The van der Waals surface area contributed by atoms with Gasteiger partial charge in [-0.2, -0.15) is 0 Å². The van der Waals surface area contributed by atoms with Gasteiger partial charge in [0.2, 0.25) is 11.8 Å². The SMILES string of the molecule is Cc1ccc(N2CCCC(N3CCC(C(=O)Nc4cc(C)on4)CC3)C2=O)cc1. The number of rotatable bonds is 4. The molecule has 2 aliphatic heterocycles. The van der Waals surface area contributed by atoms with Gasteiger partial charge in [0.15, 0.2) is 5.82 Å². The van der Waals surface area contributed by atoms with Gasteiger partial charge in [-0.05, 0) is 64.8 Å². The Hall–Kier alpha value is -2.67. The summed E-state index contributed by atoms with van der Waals surface area (Å²) in [5.74, 6) is 1.24. The van der Waals surface area contributed by atoms with Gasteiger partial charge in [-0.25, -0.2) is 0 Å². The van der Waals surface area contributed by atoms with Crippen LogP contribution in [-0.4, -0.2) is 47.5 Å². The smallest absolute Gasteiger partial charge is 0.244 e. The van der Waals surface area contributed by atoms with Crippen LogP contribution in [0.4, 0.5) is 11.5 Å². The first kappa shape index (κ1) is 19.6. The van der Waals surface area contributed by atoms with Gasteiger partial charge in [0, 0.05) is 24.2 Å². The largest absolute Gasteiger partial charge is 0.360 e. The first-order valence-electron chi connectivity index (χ1n) is 10.4. The van der Waals surface area contributed by atoms with Gasteiger partial charge >= 0.3 is 0 Å². The molecule has 0 saturated carbocycles. The lowest BCUT2D eigenvalue weighted by Gasteiger charge is -2.41. The van der Waals surface area contributed by atoms with E-state index < -0.39 is 0 Å². The van der Waals surface area contributed by atoms with E-state index in [1.807, 2.05) is 29.2 Å². The van der Waals surface area contributed by atoms with Crippen molar-refractivity contribution in [3.8, 4) is 0 Å². The fourth-order valence-electron chi connectivity index (χ4n) is 4.30. The molecule has 2 saturated heterocycles. The fraction of sp³-hybridized carbons (Fsp3) is 0.500. The maximum Gasteiger partial charge on any atom is 0.244 e. The van der Waals surface area contributed by atoms with E-state index in [0.29, 0.717) is 11.6 Å². The van der Waals surface area contributed by atoms with Crippen LogP contribution in [0.1, 0.15) is 37.0 Å². The number of hydrogen-bond acceptors (Lipinski definition) is 5. The number of nitrogens with zero attached hydrogens (tertiary/aromatic N) is 3.